The molecule has 4 unspecified atom stereocenters. The fourth-order valence-electron chi connectivity index (χ4n) is 12.1. The Hall–Kier alpha value is -6.86. The van der Waals surface area contributed by atoms with Crippen LogP contribution in [0.25, 0.3) is 28.4 Å². The minimum absolute atomic E-state index is 0.170. The van der Waals surface area contributed by atoms with Gasteiger partial charge in [0.25, 0.3) is 0 Å². The lowest BCUT2D eigenvalue weighted by molar-refractivity contribution is -0.106. The summed E-state index contributed by atoms with van der Waals surface area (Å²) in [5.41, 5.74) is 16.3. The van der Waals surface area contributed by atoms with Crippen molar-refractivity contribution in [3.63, 3.8) is 0 Å². The number of hydrogen-bond acceptors (Lipinski definition) is 8. The molecular formula is C72H80N2O6. The summed E-state index contributed by atoms with van der Waals surface area (Å²) in [5.74, 6) is 10.3. The van der Waals surface area contributed by atoms with Crippen molar-refractivity contribution < 1.29 is 28.4 Å². The van der Waals surface area contributed by atoms with E-state index in [1.165, 1.54) is 98.1 Å². The highest BCUT2D eigenvalue weighted by molar-refractivity contribution is 5.97. The number of benzene rings is 6. The number of rotatable bonds is 12. The number of ether oxygens (including phenoxy) is 6. The van der Waals surface area contributed by atoms with Crippen LogP contribution in [0.2, 0.25) is 0 Å². The van der Waals surface area contributed by atoms with E-state index >= 15 is 0 Å². The van der Waals surface area contributed by atoms with Gasteiger partial charge >= 0.3 is 0 Å². The molecule has 80 heavy (non-hydrogen) atoms. The fourth-order valence-corrected chi connectivity index (χ4v) is 12.1. The van der Waals surface area contributed by atoms with Crippen LogP contribution in [-0.4, -0.2) is 74.9 Å². The molecule has 6 aliphatic heterocycles. The molecule has 6 aromatic rings. The molecule has 414 valence electrons. The first-order valence-electron chi connectivity index (χ1n) is 29.8. The molecule has 0 amide bonds. The maximum atomic E-state index is 6.75. The van der Waals surface area contributed by atoms with Gasteiger partial charge in [-0.3, -0.25) is 9.80 Å². The van der Waals surface area contributed by atoms with E-state index in [4.69, 9.17) is 28.4 Å². The van der Waals surface area contributed by atoms with Gasteiger partial charge in [0.15, 0.2) is 12.6 Å². The van der Waals surface area contributed by atoms with E-state index in [-0.39, 0.29) is 24.8 Å². The first-order valence-corrected chi connectivity index (χ1v) is 29.8. The van der Waals surface area contributed by atoms with Crippen molar-refractivity contribution in [2.75, 3.05) is 52.5 Å². The molecule has 0 spiro atoms. The van der Waals surface area contributed by atoms with Crippen molar-refractivity contribution in [2.45, 2.75) is 130 Å². The van der Waals surface area contributed by atoms with Crippen LogP contribution < -0.4 is 18.9 Å². The predicted molar refractivity (Wildman–Crippen MR) is 325 cm³/mol. The number of aryl methyl sites for hydroxylation is 2. The summed E-state index contributed by atoms with van der Waals surface area (Å²) in [6.07, 6.45) is 18.1. The number of hydrogen-bond donors (Lipinski definition) is 0. The van der Waals surface area contributed by atoms with Crippen LogP contribution in [0.1, 0.15) is 159 Å². The lowest BCUT2D eigenvalue weighted by Gasteiger charge is -2.31. The van der Waals surface area contributed by atoms with Crippen LogP contribution in [0.15, 0.2) is 140 Å². The molecule has 4 atom stereocenters. The van der Waals surface area contributed by atoms with Gasteiger partial charge in [0.05, 0.1) is 19.8 Å². The van der Waals surface area contributed by atoms with Crippen LogP contribution >= 0.6 is 0 Å². The molecule has 0 radical (unpaired) electrons. The number of nitrogens with zero attached hydrogens (tertiary/aromatic N) is 2. The first-order chi connectivity index (χ1) is 39.3. The molecule has 8 heteroatoms. The van der Waals surface area contributed by atoms with Crippen molar-refractivity contribution in [1.82, 2.24) is 9.80 Å². The highest BCUT2D eigenvalue weighted by atomic mass is 16.7. The topological polar surface area (TPSA) is 61.9 Å². The van der Waals surface area contributed by atoms with E-state index in [9.17, 15) is 0 Å². The third-order valence-corrected chi connectivity index (χ3v) is 16.6. The molecule has 0 saturated carbocycles. The molecule has 12 rings (SSSR count). The molecule has 0 aliphatic carbocycles. The second kappa shape index (κ2) is 26.6. The zero-order valence-corrected chi connectivity index (χ0v) is 47.7. The van der Waals surface area contributed by atoms with Gasteiger partial charge in [-0.2, -0.15) is 0 Å². The number of likely N-dealkylation sites (tertiary alicyclic amines) is 2. The summed E-state index contributed by atoms with van der Waals surface area (Å²) in [7, 11) is 0. The summed E-state index contributed by atoms with van der Waals surface area (Å²) in [6.45, 7) is 16.9. The summed E-state index contributed by atoms with van der Waals surface area (Å²) < 4.78 is 37.7. The van der Waals surface area contributed by atoms with E-state index < -0.39 is 0 Å². The van der Waals surface area contributed by atoms with Gasteiger partial charge in [-0.15, -0.1) is 0 Å². The molecule has 0 bridgehead atoms. The quantitative estimate of drug-likeness (QED) is 0.112. The average Bonchev–Trinajstić information content (AvgIpc) is 3.59. The van der Waals surface area contributed by atoms with Gasteiger partial charge in [0.1, 0.15) is 35.2 Å². The van der Waals surface area contributed by atoms with Gasteiger partial charge in [-0.25, -0.2) is 0 Å². The van der Waals surface area contributed by atoms with Crippen LogP contribution in [0, 0.1) is 25.7 Å². The molecule has 6 aliphatic rings. The third-order valence-electron chi connectivity index (χ3n) is 16.6. The maximum Gasteiger partial charge on any atom is 0.199 e. The van der Waals surface area contributed by atoms with E-state index in [2.05, 4.69) is 183 Å². The van der Waals surface area contributed by atoms with E-state index in [1.807, 2.05) is 12.1 Å². The Morgan fingerprint density at radius 2 is 1.01 bits per heavy atom. The normalized spacial score (nSPS) is 21.4. The van der Waals surface area contributed by atoms with Crippen LogP contribution in [0.3, 0.4) is 0 Å². The second-order valence-electron chi connectivity index (χ2n) is 22.6. The molecule has 0 N–H and O–H groups in total. The predicted octanol–water partition coefficient (Wildman–Crippen LogP) is 16.3. The monoisotopic (exact) mass is 1070 g/mol. The number of fused-ring (bicyclic) bond motifs is 2. The van der Waals surface area contributed by atoms with Gasteiger partial charge in [-0.05, 0) is 205 Å². The van der Waals surface area contributed by atoms with Gasteiger partial charge in [-0.1, -0.05) is 121 Å². The highest BCUT2D eigenvalue weighted by Crippen LogP contribution is 2.49. The van der Waals surface area contributed by atoms with Crippen molar-refractivity contribution in [3.05, 3.63) is 195 Å². The summed E-state index contributed by atoms with van der Waals surface area (Å²) >= 11 is 0. The number of piperidine rings is 2. The molecular weight excluding hydrogens is 989 g/mol. The van der Waals surface area contributed by atoms with Crippen LogP contribution in [0.4, 0.5) is 0 Å². The molecule has 6 aromatic carbocycles. The maximum absolute atomic E-state index is 6.75. The smallest absolute Gasteiger partial charge is 0.199 e. The van der Waals surface area contributed by atoms with E-state index in [1.54, 1.807) is 0 Å². The first kappa shape index (κ1) is 55.1. The van der Waals surface area contributed by atoms with E-state index in [0.29, 0.717) is 0 Å². The van der Waals surface area contributed by atoms with Crippen molar-refractivity contribution in [2.24, 2.45) is 0 Å². The van der Waals surface area contributed by atoms with Crippen LogP contribution in [-0.2, 0) is 9.47 Å². The third kappa shape index (κ3) is 13.8. The standard InChI is InChI=1S/C36H41NO3.C36H39NO3/c2*1-26-14-19-33-32(24-26)27(2)35(30-11-8-12-31(25-30)39-34-13-4-7-23-38-34)36(40-33)29-17-15-28(16-18-29)10-9-22-37-20-5-3-6-21-37/h8-12,14-19,24-25,34,36H,3-7,13,20-23H2,1-2H3;8,11-12,14-19,24-25,34,36H,3-7,13,20-23H2,1-2H3/b10-9-;. The van der Waals surface area contributed by atoms with Gasteiger partial charge < -0.3 is 28.4 Å². The summed E-state index contributed by atoms with van der Waals surface area (Å²) in [6, 6.07) is 47.1. The zero-order chi connectivity index (χ0) is 54.6. The van der Waals surface area contributed by atoms with Crippen molar-refractivity contribution in [3.8, 4) is 34.8 Å². The molecule has 6 heterocycles. The Kier molecular flexibility index (Phi) is 18.3. The molecule has 0 aromatic heterocycles. The minimum atomic E-state index is -0.230. The SMILES string of the molecule is CC1=C(c2cccc(OC3CCCCO3)c2)C(c2ccc(/C=C\CN3CCCCC3)cc2)Oc2ccc(C)cc21.CC1=C(c2cccc(OC3CCCCO3)c2)C(c2ccc(C#CCN3CCCCC3)cc2)Oc2ccc(C)cc21. The van der Waals surface area contributed by atoms with E-state index in [0.717, 1.165) is 132 Å². The lowest BCUT2D eigenvalue weighted by Crippen LogP contribution is -2.29. The second-order valence-corrected chi connectivity index (χ2v) is 22.6. The Morgan fingerprint density at radius 1 is 0.512 bits per heavy atom. The van der Waals surface area contributed by atoms with Crippen molar-refractivity contribution >= 4 is 28.4 Å². The Morgan fingerprint density at radius 3 is 1.51 bits per heavy atom. The Balaban J connectivity index is 0.000000169. The largest absolute Gasteiger partial charge is 0.480 e. The minimum Gasteiger partial charge on any atom is -0.480 e. The summed E-state index contributed by atoms with van der Waals surface area (Å²) in [4.78, 5) is 5.00. The Bertz CT molecular complexity index is 3210. The average molecular weight is 1070 g/mol. The van der Waals surface area contributed by atoms with Crippen LogP contribution in [0.5, 0.6) is 23.0 Å². The van der Waals surface area contributed by atoms with Crippen molar-refractivity contribution in [1.29, 1.82) is 0 Å². The molecule has 8 nitrogen and oxygen atoms in total. The zero-order valence-electron chi connectivity index (χ0n) is 47.7. The molecule has 4 fully saturated rings. The fraction of sp³-hybridized carbons (Fsp3) is 0.389. The summed E-state index contributed by atoms with van der Waals surface area (Å²) in [5, 5.41) is 0. The number of allylic oxidation sites excluding steroid dienone is 2. The Labute approximate surface area is 476 Å². The molecule has 4 saturated heterocycles. The van der Waals surface area contributed by atoms with Gasteiger partial charge in [0, 0.05) is 47.2 Å². The lowest BCUT2D eigenvalue weighted by atomic mass is 9.85. The van der Waals surface area contributed by atoms with Gasteiger partial charge in [0.2, 0.25) is 0 Å². The highest BCUT2D eigenvalue weighted by Gasteiger charge is 2.32.